The molecule has 48 heavy (non-hydrogen) atoms. The Balaban J connectivity index is 4.62. The first-order valence-electron chi connectivity index (χ1n) is 18.7. The second-order valence-corrected chi connectivity index (χ2v) is 14.9. The van der Waals surface area contributed by atoms with Gasteiger partial charge in [-0.1, -0.05) is 120 Å². The number of amides is 1. The molecule has 0 aliphatic heterocycles. The van der Waals surface area contributed by atoms with Crippen molar-refractivity contribution in [2.24, 2.45) is 0 Å². The summed E-state index contributed by atoms with van der Waals surface area (Å²) in [6.07, 6.45) is 38.4. The molecule has 3 unspecified atom stereocenters. The van der Waals surface area contributed by atoms with E-state index in [2.05, 4.69) is 67.8 Å². The molecule has 2 N–H and O–H groups in total. The van der Waals surface area contributed by atoms with Gasteiger partial charge in [0, 0.05) is 6.42 Å². The van der Waals surface area contributed by atoms with E-state index in [1.165, 1.54) is 32.1 Å². The Labute approximate surface area is 294 Å². The summed E-state index contributed by atoms with van der Waals surface area (Å²) in [7, 11) is 1.21. The first-order chi connectivity index (χ1) is 23.0. The van der Waals surface area contributed by atoms with E-state index in [-0.39, 0.29) is 12.5 Å². The Morgan fingerprint density at radius 1 is 0.750 bits per heavy atom. The molecule has 0 aromatic rings. The van der Waals surface area contributed by atoms with Gasteiger partial charge in [0.25, 0.3) is 7.82 Å². The molecule has 0 aromatic heterocycles. The molecule has 0 rings (SSSR count). The van der Waals surface area contributed by atoms with Crippen molar-refractivity contribution >= 4 is 13.7 Å². The lowest BCUT2D eigenvalue weighted by molar-refractivity contribution is -0.870. The number of phosphoric acid groups is 1. The lowest BCUT2D eigenvalue weighted by Gasteiger charge is -2.29. The summed E-state index contributed by atoms with van der Waals surface area (Å²) in [4.78, 5) is 25.1. The third-order valence-corrected chi connectivity index (χ3v) is 8.68. The second kappa shape index (κ2) is 31.2. The van der Waals surface area contributed by atoms with Gasteiger partial charge in [0.15, 0.2) is 0 Å². The van der Waals surface area contributed by atoms with Crippen molar-refractivity contribution in [3.8, 4) is 0 Å². The molecule has 9 heteroatoms. The van der Waals surface area contributed by atoms with Crippen LogP contribution in [0, 0.1) is 0 Å². The molecule has 1 amide bonds. The number of nitrogens with one attached hydrogen (secondary N) is 1. The van der Waals surface area contributed by atoms with Gasteiger partial charge in [0.05, 0.1) is 39.9 Å². The van der Waals surface area contributed by atoms with Crippen molar-refractivity contribution in [2.75, 3.05) is 40.9 Å². The minimum atomic E-state index is -4.59. The van der Waals surface area contributed by atoms with Gasteiger partial charge in [-0.05, 0) is 64.2 Å². The van der Waals surface area contributed by atoms with E-state index < -0.39 is 26.6 Å². The molecule has 8 nitrogen and oxygen atoms in total. The molecule has 0 bridgehead atoms. The van der Waals surface area contributed by atoms with E-state index in [4.69, 9.17) is 9.05 Å². The molecule has 0 aromatic carbocycles. The number of hydrogen-bond acceptors (Lipinski definition) is 6. The molecule has 0 saturated heterocycles. The highest BCUT2D eigenvalue weighted by atomic mass is 31.2. The summed E-state index contributed by atoms with van der Waals surface area (Å²) in [5.74, 6) is -0.231. The van der Waals surface area contributed by atoms with Crippen molar-refractivity contribution in [2.45, 2.75) is 142 Å². The minimum Gasteiger partial charge on any atom is -0.756 e. The number of carbonyl (C=O) groups is 1. The van der Waals surface area contributed by atoms with Gasteiger partial charge in [-0.3, -0.25) is 9.36 Å². The van der Waals surface area contributed by atoms with E-state index in [1.807, 2.05) is 27.2 Å². The van der Waals surface area contributed by atoms with E-state index >= 15 is 0 Å². The molecule has 0 heterocycles. The Morgan fingerprint density at radius 2 is 1.29 bits per heavy atom. The fraction of sp³-hybridized carbons (Fsp3) is 0.718. The van der Waals surface area contributed by atoms with Crippen molar-refractivity contribution < 1.29 is 32.9 Å². The Bertz CT molecular complexity index is 970. The fourth-order valence-electron chi connectivity index (χ4n) is 4.71. The number of phosphoric ester groups is 1. The monoisotopic (exact) mass is 695 g/mol. The van der Waals surface area contributed by atoms with Crippen LogP contribution in [0.2, 0.25) is 0 Å². The summed E-state index contributed by atoms with van der Waals surface area (Å²) in [6, 6.07) is -0.911. The fourth-order valence-corrected chi connectivity index (χ4v) is 5.43. The standard InChI is InChI=1S/C39H71N2O6P/c1-6-8-10-12-14-16-18-19-20-21-23-25-27-29-31-33-39(43)40-37(36-47-48(44,45)46-35-34-41(3,4)5)38(42)32-30-28-26-24-22-17-15-13-11-9-7-2/h8,10,14,16,19-20,22,24,30,32,37-38,42H,6-7,9,11-13,15,17-18,21,23,25-29,31,33-36H2,1-5H3,(H-,40,43,44,45)/b10-8-,16-14-,20-19-,24-22+,32-30+. The van der Waals surface area contributed by atoms with Crippen LogP contribution in [-0.2, 0) is 18.4 Å². The molecule has 0 fully saturated rings. The molecule has 0 aliphatic rings. The molecule has 0 radical (unpaired) electrons. The lowest BCUT2D eigenvalue weighted by atomic mass is 10.1. The molecule has 0 spiro atoms. The van der Waals surface area contributed by atoms with E-state index in [0.29, 0.717) is 17.4 Å². The van der Waals surface area contributed by atoms with E-state index in [9.17, 15) is 19.4 Å². The first-order valence-corrected chi connectivity index (χ1v) is 20.1. The number of quaternary nitrogens is 1. The number of carbonyl (C=O) groups excluding carboxylic acids is 1. The first kappa shape index (κ1) is 46.2. The van der Waals surface area contributed by atoms with Crippen LogP contribution in [0.15, 0.2) is 60.8 Å². The summed E-state index contributed by atoms with van der Waals surface area (Å²) in [5, 5.41) is 13.6. The highest BCUT2D eigenvalue weighted by molar-refractivity contribution is 7.45. The largest absolute Gasteiger partial charge is 0.756 e. The number of unbranched alkanes of at least 4 members (excludes halogenated alkanes) is 11. The topological polar surface area (TPSA) is 108 Å². The highest BCUT2D eigenvalue weighted by Crippen LogP contribution is 2.38. The number of allylic oxidation sites excluding steroid dienone is 9. The van der Waals surface area contributed by atoms with Gasteiger partial charge in [-0.25, -0.2) is 0 Å². The highest BCUT2D eigenvalue weighted by Gasteiger charge is 2.23. The number of rotatable bonds is 32. The second-order valence-electron chi connectivity index (χ2n) is 13.5. The molecular formula is C39H71N2O6P. The summed E-state index contributed by atoms with van der Waals surface area (Å²) >= 11 is 0. The third kappa shape index (κ3) is 32.7. The Kier molecular flexibility index (Phi) is 30.0. The van der Waals surface area contributed by atoms with E-state index in [1.54, 1.807) is 6.08 Å². The molecular weight excluding hydrogens is 623 g/mol. The number of aliphatic hydroxyl groups is 1. The van der Waals surface area contributed by atoms with Crippen LogP contribution in [0.3, 0.4) is 0 Å². The van der Waals surface area contributed by atoms with Crippen LogP contribution < -0.4 is 10.2 Å². The van der Waals surface area contributed by atoms with Crippen LogP contribution in [0.5, 0.6) is 0 Å². The van der Waals surface area contributed by atoms with E-state index in [0.717, 1.165) is 77.0 Å². The SMILES string of the molecule is CC/C=C\C/C=C\C/C=C\CCCCCCCC(=O)NC(COP(=O)([O-])OCC[N+](C)(C)C)C(O)/C=C/CC/C=C/CCCCCCC. The maximum Gasteiger partial charge on any atom is 0.268 e. The molecule has 0 aliphatic carbocycles. The van der Waals surface area contributed by atoms with Crippen molar-refractivity contribution in [3.05, 3.63) is 60.8 Å². The average molecular weight is 695 g/mol. The molecule has 278 valence electrons. The molecule has 3 atom stereocenters. The normalized spacial score (nSPS) is 15.4. The lowest BCUT2D eigenvalue weighted by Crippen LogP contribution is -2.45. The third-order valence-electron chi connectivity index (χ3n) is 7.71. The Hall–Kier alpha value is -1.80. The van der Waals surface area contributed by atoms with Gasteiger partial charge in [-0.2, -0.15) is 0 Å². The van der Waals surface area contributed by atoms with Crippen LogP contribution >= 0.6 is 7.82 Å². The maximum atomic E-state index is 12.7. The smallest absolute Gasteiger partial charge is 0.268 e. The molecule has 0 saturated carbocycles. The quantitative estimate of drug-likeness (QED) is 0.0315. The summed E-state index contributed by atoms with van der Waals surface area (Å²) in [5.41, 5.74) is 0. The zero-order valence-electron chi connectivity index (χ0n) is 31.2. The van der Waals surface area contributed by atoms with Crippen LogP contribution in [0.25, 0.3) is 0 Å². The van der Waals surface area contributed by atoms with Crippen LogP contribution in [-0.4, -0.2) is 68.5 Å². The van der Waals surface area contributed by atoms with Gasteiger partial charge in [0.2, 0.25) is 5.91 Å². The summed E-state index contributed by atoms with van der Waals surface area (Å²) < 4.78 is 23.0. The van der Waals surface area contributed by atoms with Gasteiger partial charge < -0.3 is 28.8 Å². The number of likely N-dealkylation sites (N-methyl/N-ethyl adjacent to an activating group) is 1. The number of aliphatic hydroxyl groups excluding tert-OH is 1. The predicted molar refractivity (Wildman–Crippen MR) is 201 cm³/mol. The van der Waals surface area contributed by atoms with Crippen molar-refractivity contribution in [1.82, 2.24) is 5.32 Å². The zero-order valence-corrected chi connectivity index (χ0v) is 32.1. The van der Waals surface area contributed by atoms with Crippen molar-refractivity contribution in [3.63, 3.8) is 0 Å². The zero-order chi connectivity index (χ0) is 35.8. The number of hydrogen-bond donors (Lipinski definition) is 2. The van der Waals surface area contributed by atoms with Crippen molar-refractivity contribution in [1.29, 1.82) is 0 Å². The van der Waals surface area contributed by atoms with Gasteiger partial charge in [0.1, 0.15) is 13.2 Å². The van der Waals surface area contributed by atoms with Crippen LogP contribution in [0.1, 0.15) is 129 Å². The Morgan fingerprint density at radius 3 is 1.94 bits per heavy atom. The van der Waals surface area contributed by atoms with Crippen LogP contribution in [0.4, 0.5) is 0 Å². The minimum absolute atomic E-state index is 0.0130. The summed E-state index contributed by atoms with van der Waals surface area (Å²) in [6.45, 7) is 4.43. The maximum absolute atomic E-state index is 12.7. The van der Waals surface area contributed by atoms with Gasteiger partial charge in [-0.15, -0.1) is 0 Å². The average Bonchev–Trinajstić information content (AvgIpc) is 3.02. The number of nitrogens with zero attached hydrogens (tertiary/aromatic N) is 1. The van der Waals surface area contributed by atoms with Gasteiger partial charge >= 0.3 is 0 Å². The predicted octanol–water partition coefficient (Wildman–Crippen LogP) is 8.88.